The molecule has 0 aromatic carbocycles. The Hall–Kier alpha value is -1.07. The van der Waals surface area contributed by atoms with Gasteiger partial charge in [0, 0.05) is 12.7 Å². The molecule has 4 heterocycles. The summed E-state index contributed by atoms with van der Waals surface area (Å²) in [6.45, 7) is 3.34. The number of nitrogens with zero attached hydrogens (tertiary/aromatic N) is 3. The predicted molar refractivity (Wildman–Crippen MR) is 87.6 cm³/mol. The quantitative estimate of drug-likeness (QED) is 0.946. The van der Waals surface area contributed by atoms with Gasteiger partial charge < -0.3 is 9.88 Å². The summed E-state index contributed by atoms with van der Waals surface area (Å²) in [5.41, 5.74) is 2.13. The molecule has 2 aliphatic heterocycles. The van der Waals surface area contributed by atoms with Gasteiger partial charge in [0.25, 0.3) is 0 Å². The van der Waals surface area contributed by atoms with Gasteiger partial charge in [-0.1, -0.05) is 6.42 Å². The van der Waals surface area contributed by atoms with E-state index in [0.29, 0.717) is 5.25 Å². The molecule has 0 spiro atoms. The Labute approximate surface area is 129 Å². The minimum Gasteiger partial charge on any atom is -0.316 e. The van der Waals surface area contributed by atoms with Crippen LogP contribution >= 0.6 is 11.8 Å². The van der Waals surface area contributed by atoms with Crippen molar-refractivity contribution in [2.24, 2.45) is 5.92 Å². The van der Waals surface area contributed by atoms with E-state index in [0.717, 1.165) is 36.7 Å². The molecule has 4 nitrogen and oxygen atoms in total. The molecular formula is C16H22N4S. The SMILES string of the molecule is c1cnc2c(c1)nc(C1CCCCS1)n2CC1CCNC1. The molecule has 2 aromatic heterocycles. The van der Waals surface area contributed by atoms with Gasteiger partial charge in [-0.3, -0.25) is 0 Å². The molecule has 2 saturated heterocycles. The van der Waals surface area contributed by atoms with Crippen LogP contribution in [0.4, 0.5) is 0 Å². The summed E-state index contributed by atoms with van der Waals surface area (Å²) in [6.07, 6.45) is 7.11. The molecule has 0 saturated carbocycles. The van der Waals surface area contributed by atoms with Crippen LogP contribution < -0.4 is 5.32 Å². The van der Waals surface area contributed by atoms with Gasteiger partial charge in [-0.05, 0) is 56.2 Å². The predicted octanol–water partition coefficient (Wildman–Crippen LogP) is 3.00. The highest BCUT2D eigenvalue weighted by Crippen LogP contribution is 2.39. The van der Waals surface area contributed by atoms with Gasteiger partial charge in [0.05, 0.1) is 5.25 Å². The number of aromatic nitrogens is 3. The summed E-state index contributed by atoms with van der Waals surface area (Å²) in [4.78, 5) is 9.55. The van der Waals surface area contributed by atoms with E-state index in [1.165, 1.54) is 37.3 Å². The normalized spacial score (nSPS) is 26.5. The lowest BCUT2D eigenvalue weighted by Gasteiger charge is -2.22. The zero-order valence-corrected chi connectivity index (χ0v) is 13.1. The fourth-order valence-corrected chi connectivity index (χ4v) is 4.79. The highest BCUT2D eigenvalue weighted by atomic mass is 32.2. The van der Waals surface area contributed by atoms with Crippen molar-refractivity contribution >= 4 is 22.9 Å². The lowest BCUT2D eigenvalue weighted by Crippen LogP contribution is -2.18. The van der Waals surface area contributed by atoms with E-state index in [-0.39, 0.29) is 0 Å². The summed E-state index contributed by atoms with van der Waals surface area (Å²) in [5.74, 6) is 3.25. The van der Waals surface area contributed by atoms with E-state index in [1.807, 2.05) is 12.3 Å². The molecule has 2 aliphatic rings. The Kier molecular flexibility index (Phi) is 3.86. The number of nitrogens with one attached hydrogen (secondary N) is 1. The van der Waals surface area contributed by atoms with Crippen LogP contribution in [-0.2, 0) is 6.54 Å². The molecule has 0 amide bonds. The number of thioether (sulfide) groups is 1. The Balaban J connectivity index is 1.72. The molecule has 21 heavy (non-hydrogen) atoms. The van der Waals surface area contributed by atoms with Gasteiger partial charge in [-0.2, -0.15) is 11.8 Å². The largest absolute Gasteiger partial charge is 0.316 e. The van der Waals surface area contributed by atoms with Gasteiger partial charge in [0.2, 0.25) is 0 Å². The van der Waals surface area contributed by atoms with Crippen LogP contribution in [0.15, 0.2) is 18.3 Å². The van der Waals surface area contributed by atoms with Crippen LogP contribution in [-0.4, -0.2) is 33.4 Å². The third-order valence-electron chi connectivity index (χ3n) is 4.60. The molecule has 2 aromatic rings. The summed E-state index contributed by atoms with van der Waals surface area (Å²) in [7, 11) is 0. The maximum absolute atomic E-state index is 4.94. The van der Waals surface area contributed by atoms with Crippen molar-refractivity contribution in [2.75, 3.05) is 18.8 Å². The monoisotopic (exact) mass is 302 g/mol. The van der Waals surface area contributed by atoms with Gasteiger partial charge in [0.1, 0.15) is 11.3 Å². The van der Waals surface area contributed by atoms with E-state index in [4.69, 9.17) is 4.98 Å². The van der Waals surface area contributed by atoms with Gasteiger partial charge in [-0.25, -0.2) is 9.97 Å². The second-order valence-corrected chi connectivity index (χ2v) is 7.45. The second-order valence-electron chi connectivity index (χ2n) is 6.14. The third kappa shape index (κ3) is 2.69. The fourth-order valence-electron chi connectivity index (χ4n) is 3.47. The molecule has 1 N–H and O–H groups in total. The van der Waals surface area contributed by atoms with E-state index in [2.05, 4.69) is 32.7 Å². The smallest absolute Gasteiger partial charge is 0.160 e. The van der Waals surface area contributed by atoms with Crippen LogP contribution in [0.25, 0.3) is 11.2 Å². The van der Waals surface area contributed by atoms with Crippen LogP contribution in [0.5, 0.6) is 0 Å². The highest BCUT2D eigenvalue weighted by molar-refractivity contribution is 7.99. The fraction of sp³-hybridized carbons (Fsp3) is 0.625. The van der Waals surface area contributed by atoms with Crippen LogP contribution in [0.2, 0.25) is 0 Å². The van der Waals surface area contributed by atoms with E-state index in [9.17, 15) is 0 Å². The summed E-state index contributed by atoms with van der Waals surface area (Å²) in [6, 6.07) is 4.09. The molecule has 2 unspecified atom stereocenters. The minimum absolute atomic E-state index is 0.558. The maximum Gasteiger partial charge on any atom is 0.160 e. The lowest BCUT2D eigenvalue weighted by atomic mass is 10.1. The molecule has 112 valence electrons. The van der Waals surface area contributed by atoms with Crippen molar-refractivity contribution in [2.45, 2.75) is 37.5 Å². The number of hydrogen-bond acceptors (Lipinski definition) is 4. The molecular weight excluding hydrogens is 280 g/mol. The number of pyridine rings is 1. The van der Waals surface area contributed by atoms with Gasteiger partial charge in [-0.15, -0.1) is 0 Å². The average molecular weight is 302 g/mol. The van der Waals surface area contributed by atoms with Crippen molar-refractivity contribution in [3.63, 3.8) is 0 Å². The number of rotatable bonds is 3. The van der Waals surface area contributed by atoms with E-state index >= 15 is 0 Å². The number of hydrogen-bond donors (Lipinski definition) is 1. The van der Waals surface area contributed by atoms with E-state index in [1.54, 1.807) is 0 Å². The molecule has 0 radical (unpaired) electrons. The number of fused-ring (bicyclic) bond motifs is 1. The zero-order valence-electron chi connectivity index (χ0n) is 12.3. The first kappa shape index (κ1) is 13.6. The van der Waals surface area contributed by atoms with Crippen molar-refractivity contribution in [1.29, 1.82) is 0 Å². The van der Waals surface area contributed by atoms with Crippen LogP contribution in [0.3, 0.4) is 0 Å². The molecule has 0 aliphatic carbocycles. The van der Waals surface area contributed by atoms with Crippen molar-refractivity contribution in [1.82, 2.24) is 19.9 Å². The van der Waals surface area contributed by atoms with E-state index < -0.39 is 0 Å². The minimum atomic E-state index is 0.558. The maximum atomic E-state index is 4.94. The standard InChI is InChI=1S/C16H22N4S/c1-2-9-21-14(5-1)16-19-13-4-3-7-18-15(13)20(16)11-12-6-8-17-10-12/h3-4,7,12,14,17H,1-2,5-6,8-11H2. The Morgan fingerprint density at radius 3 is 3.14 bits per heavy atom. The third-order valence-corrected chi connectivity index (χ3v) is 5.98. The molecule has 5 heteroatoms. The summed E-state index contributed by atoms with van der Waals surface area (Å²) >= 11 is 2.08. The van der Waals surface area contributed by atoms with Crippen molar-refractivity contribution in [3.8, 4) is 0 Å². The topological polar surface area (TPSA) is 42.7 Å². The lowest BCUT2D eigenvalue weighted by molar-refractivity contribution is 0.470. The Bertz CT molecular complexity index is 612. The van der Waals surface area contributed by atoms with Crippen molar-refractivity contribution < 1.29 is 0 Å². The Morgan fingerprint density at radius 2 is 2.33 bits per heavy atom. The first-order valence-corrected chi connectivity index (χ1v) is 9.10. The highest BCUT2D eigenvalue weighted by Gasteiger charge is 2.25. The molecule has 4 rings (SSSR count). The van der Waals surface area contributed by atoms with Crippen LogP contribution in [0, 0.1) is 5.92 Å². The average Bonchev–Trinajstić information content (AvgIpc) is 3.17. The van der Waals surface area contributed by atoms with Crippen LogP contribution in [0.1, 0.15) is 36.8 Å². The first-order valence-electron chi connectivity index (χ1n) is 8.05. The number of imidazole rings is 1. The van der Waals surface area contributed by atoms with Gasteiger partial charge >= 0.3 is 0 Å². The Morgan fingerprint density at radius 1 is 1.33 bits per heavy atom. The summed E-state index contributed by atoms with van der Waals surface area (Å²) < 4.78 is 2.41. The molecule has 2 atom stereocenters. The summed E-state index contributed by atoms with van der Waals surface area (Å²) in [5, 5.41) is 4.03. The molecule has 2 fully saturated rings. The zero-order chi connectivity index (χ0) is 14.1. The molecule has 0 bridgehead atoms. The van der Waals surface area contributed by atoms with Gasteiger partial charge in [0.15, 0.2) is 5.65 Å². The second kappa shape index (κ2) is 5.97. The van der Waals surface area contributed by atoms with Crippen molar-refractivity contribution in [3.05, 3.63) is 24.2 Å². The first-order chi connectivity index (χ1) is 10.4.